The molecule has 3 nitrogen and oxygen atoms in total. The summed E-state index contributed by atoms with van der Waals surface area (Å²) in [6.45, 7) is -0.187. The molecule has 0 aromatic heterocycles. The molecule has 0 atom stereocenters. The lowest BCUT2D eigenvalue weighted by Crippen LogP contribution is -2.18. The number of esters is 1. The summed E-state index contributed by atoms with van der Waals surface area (Å²) >= 11 is 7.04. The van der Waals surface area contributed by atoms with Crippen molar-refractivity contribution in [1.29, 1.82) is 0 Å². The van der Waals surface area contributed by atoms with Crippen molar-refractivity contribution in [3.8, 4) is 22.6 Å². The number of carbonyl (C=O) groups excluding carboxylic acids is 1. The van der Waals surface area contributed by atoms with Crippen LogP contribution in [-0.2, 0) is 4.79 Å². The van der Waals surface area contributed by atoms with E-state index in [0.29, 0.717) is 11.5 Å². The van der Waals surface area contributed by atoms with Crippen molar-refractivity contribution in [2.24, 2.45) is 0 Å². The highest BCUT2D eigenvalue weighted by Gasteiger charge is 2.12. The summed E-state index contributed by atoms with van der Waals surface area (Å²) in [6.07, 6.45) is 0. The SMILES string of the molecule is O=C(COc1ccc(-c2ccccc2)cc1Br)Oc1ccc(Br)c2ccccc12. The topological polar surface area (TPSA) is 35.5 Å². The van der Waals surface area contributed by atoms with Gasteiger partial charge in [-0.15, -0.1) is 0 Å². The molecule has 0 unspecified atom stereocenters. The van der Waals surface area contributed by atoms with Gasteiger partial charge in [-0.3, -0.25) is 0 Å². The molecule has 0 fully saturated rings. The molecule has 144 valence electrons. The van der Waals surface area contributed by atoms with Crippen molar-refractivity contribution in [3.63, 3.8) is 0 Å². The van der Waals surface area contributed by atoms with Crippen LogP contribution in [0.3, 0.4) is 0 Å². The molecule has 0 N–H and O–H groups in total. The summed E-state index contributed by atoms with van der Waals surface area (Å²) in [6, 6.07) is 27.2. The molecule has 5 heteroatoms. The second-order valence-electron chi connectivity index (χ2n) is 6.37. The number of benzene rings is 4. The molecule has 0 radical (unpaired) electrons. The summed E-state index contributed by atoms with van der Waals surface area (Å²) < 4.78 is 12.9. The molecule has 0 heterocycles. The van der Waals surface area contributed by atoms with Crippen molar-refractivity contribution in [1.82, 2.24) is 0 Å². The van der Waals surface area contributed by atoms with Crippen molar-refractivity contribution < 1.29 is 14.3 Å². The molecule has 4 rings (SSSR count). The average Bonchev–Trinajstić information content (AvgIpc) is 2.75. The summed E-state index contributed by atoms with van der Waals surface area (Å²) in [4.78, 5) is 12.3. The highest BCUT2D eigenvalue weighted by Crippen LogP contribution is 2.32. The number of hydrogen-bond donors (Lipinski definition) is 0. The molecule has 0 saturated carbocycles. The Hall–Kier alpha value is -2.63. The molecule has 0 amide bonds. The van der Waals surface area contributed by atoms with Crippen LogP contribution in [0.25, 0.3) is 21.9 Å². The van der Waals surface area contributed by atoms with Gasteiger partial charge >= 0.3 is 5.97 Å². The van der Waals surface area contributed by atoms with E-state index >= 15 is 0 Å². The van der Waals surface area contributed by atoms with Gasteiger partial charge in [0.15, 0.2) is 6.61 Å². The lowest BCUT2D eigenvalue weighted by Gasteiger charge is -2.11. The van der Waals surface area contributed by atoms with Gasteiger partial charge in [0.05, 0.1) is 4.47 Å². The molecule has 0 saturated heterocycles. The summed E-state index contributed by atoms with van der Waals surface area (Å²) in [5, 5.41) is 1.85. The van der Waals surface area contributed by atoms with Gasteiger partial charge in [0.1, 0.15) is 11.5 Å². The predicted octanol–water partition coefficient (Wildman–Crippen LogP) is 7.02. The first kappa shape index (κ1) is 19.7. The Morgan fingerprint density at radius 1 is 0.690 bits per heavy atom. The van der Waals surface area contributed by atoms with Gasteiger partial charge in [0.2, 0.25) is 0 Å². The Bertz CT molecular complexity index is 1170. The maximum atomic E-state index is 12.3. The molecule has 29 heavy (non-hydrogen) atoms. The minimum absolute atomic E-state index is 0.187. The highest BCUT2D eigenvalue weighted by molar-refractivity contribution is 9.11. The van der Waals surface area contributed by atoms with Crippen molar-refractivity contribution in [3.05, 3.63) is 93.9 Å². The van der Waals surface area contributed by atoms with Crippen LogP contribution in [0.2, 0.25) is 0 Å². The summed E-state index contributed by atoms with van der Waals surface area (Å²) in [5.74, 6) is 0.634. The Balaban J connectivity index is 1.45. The van der Waals surface area contributed by atoms with Gasteiger partial charge in [-0.05, 0) is 56.7 Å². The third-order valence-corrected chi connectivity index (χ3v) is 5.75. The fraction of sp³-hybridized carbons (Fsp3) is 0.0417. The van der Waals surface area contributed by atoms with Crippen LogP contribution in [0.1, 0.15) is 0 Å². The van der Waals surface area contributed by atoms with E-state index in [-0.39, 0.29) is 6.61 Å². The first-order chi connectivity index (χ1) is 14.1. The van der Waals surface area contributed by atoms with Crippen molar-refractivity contribution in [2.75, 3.05) is 6.61 Å². The number of ether oxygens (including phenoxy) is 2. The zero-order valence-corrected chi connectivity index (χ0v) is 18.4. The zero-order chi connectivity index (χ0) is 20.2. The van der Waals surface area contributed by atoms with E-state index in [1.165, 1.54) is 0 Å². The minimum Gasteiger partial charge on any atom is -0.481 e. The zero-order valence-electron chi connectivity index (χ0n) is 15.3. The van der Waals surface area contributed by atoms with Gasteiger partial charge in [-0.1, -0.05) is 76.6 Å². The Kier molecular flexibility index (Phi) is 5.97. The van der Waals surface area contributed by atoms with Crippen LogP contribution in [-0.4, -0.2) is 12.6 Å². The summed E-state index contributed by atoms with van der Waals surface area (Å²) in [7, 11) is 0. The average molecular weight is 512 g/mol. The van der Waals surface area contributed by atoms with E-state index in [9.17, 15) is 4.79 Å². The minimum atomic E-state index is -0.462. The standard InChI is InChI=1S/C24H16Br2O3/c25-20-11-13-22(19-9-5-4-8-18(19)20)29-24(27)15-28-23-12-10-17(14-21(23)26)16-6-2-1-3-7-16/h1-14H,15H2. The Morgan fingerprint density at radius 2 is 1.38 bits per heavy atom. The summed E-state index contributed by atoms with van der Waals surface area (Å²) in [5.41, 5.74) is 2.18. The largest absolute Gasteiger partial charge is 0.481 e. The Labute approximate surface area is 185 Å². The van der Waals surface area contributed by atoms with E-state index in [2.05, 4.69) is 31.9 Å². The third-order valence-electron chi connectivity index (χ3n) is 4.44. The maximum Gasteiger partial charge on any atom is 0.349 e. The van der Waals surface area contributed by atoms with Crippen LogP contribution < -0.4 is 9.47 Å². The van der Waals surface area contributed by atoms with E-state index in [1.54, 1.807) is 6.07 Å². The molecule has 0 aliphatic carbocycles. The second-order valence-corrected chi connectivity index (χ2v) is 8.07. The number of fused-ring (bicyclic) bond motifs is 1. The fourth-order valence-corrected chi connectivity index (χ4v) is 4.01. The molecule has 4 aromatic carbocycles. The van der Waals surface area contributed by atoms with E-state index in [4.69, 9.17) is 9.47 Å². The van der Waals surface area contributed by atoms with Gasteiger partial charge in [-0.25, -0.2) is 4.79 Å². The molecule has 0 aliphatic rings. The molecule has 0 bridgehead atoms. The van der Waals surface area contributed by atoms with Gasteiger partial charge in [-0.2, -0.15) is 0 Å². The number of hydrogen-bond acceptors (Lipinski definition) is 3. The number of halogens is 2. The quantitative estimate of drug-likeness (QED) is 0.213. The number of rotatable bonds is 5. The van der Waals surface area contributed by atoms with Crippen molar-refractivity contribution >= 4 is 48.6 Å². The van der Waals surface area contributed by atoms with E-state index < -0.39 is 5.97 Å². The lowest BCUT2D eigenvalue weighted by molar-refractivity contribution is -0.136. The lowest BCUT2D eigenvalue weighted by atomic mass is 10.1. The van der Waals surface area contributed by atoms with Crippen molar-refractivity contribution in [2.45, 2.75) is 0 Å². The molecule has 0 spiro atoms. The highest BCUT2D eigenvalue weighted by atomic mass is 79.9. The molecular weight excluding hydrogens is 496 g/mol. The normalized spacial score (nSPS) is 10.7. The smallest absolute Gasteiger partial charge is 0.349 e. The molecule has 4 aromatic rings. The Morgan fingerprint density at radius 3 is 2.14 bits per heavy atom. The van der Waals surface area contributed by atoms with Crippen LogP contribution in [0.5, 0.6) is 11.5 Å². The number of carbonyl (C=O) groups is 1. The van der Waals surface area contributed by atoms with Gasteiger partial charge in [0.25, 0.3) is 0 Å². The monoisotopic (exact) mass is 510 g/mol. The first-order valence-corrected chi connectivity index (χ1v) is 10.6. The van der Waals surface area contributed by atoms with Crippen LogP contribution >= 0.6 is 31.9 Å². The first-order valence-electron chi connectivity index (χ1n) is 8.97. The van der Waals surface area contributed by atoms with E-state index in [1.807, 2.05) is 78.9 Å². The van der Waals surface area contributed by atoms with Crippen LogP contribution in [0.15, 0.2) is 93.9 Å². The van der Waals surface area contributed by atoms with Gasteiger partial charge in [0, 0.05) is 9.86 Å². The second kappa shape index (κ2) is 8.80. The molecule has 0 aliphatic heterocycles. The van der Waals surface area contributed by atoms with Gasteiger partial charge < -0.3 is 9.47 Å². The van der Waals surface area contributed by atoms with Crippen LogP contribution in [0.4, 0.5) is 0 Å². The molecular formula is C24H16Br2O3. The predicted molar refractivity (Wildman–Crippen MR) is 122 cm³/mol. The van der Waals surface area contributed by atoms with Crippen LogP contribution in [0, 0.1) is 0 Å². The maximum absolute atomic E-state index is 12.3. The third kappa shape index (κ3) is 4.52. The fourth-order valence-electron chi connectivity index (χ4n) is 3.04. The van der Waals surface area contributed by atoms with E-state index in [0.717, 1.165) is 30.8 Å².